The summed E-state index contributed by atoms with van der Waals surface area (Å²) in [5, 5.41) is 8.49. The van der Waals surface area contributed by atoms with Gasteiger partial charge in [0.05, 0.1) is 25.7 Å². The van der Waals surface area contributed by atoms with Gasteiger partial charge in [-0.3, -0.25) is 9.59 Å². The van der Waals surface area contributed by atoms with Crippen LogP contribution in [-0.2, 0) is 14.3 Å². The Bertz CT molecular complexity index is 276. The Morgan fingerprint density at radius 1 is 1.33 bits per heavy atom. The minimum atomic E-state index is -0.153. The highest BCUT2D eigenvalue weighted by atomic mass is 16.5. The molecule has 6 heteroatoms. The van der Waals surface area contributed by atoms with Crippen LogP contribution in [0.2, 0.25) is 0 Å². The normalized spacial score (nSPS) is 19.6. The molecular weight excluding hydrogens is 234 g/mol. The van der Waals surface area contributed by atoms with Crippen molar-refractivity contribution in [1.29, 1.82) is 0 Å². The summed E-state index contributed by atoms with van der Waals surface area (Å²) in [7, 11) is 0. The second-order valence-corrected chi connectivity index (χ2v) is 4.88. The van der Waals surface area contributed by atoms with E-state index in [1.165, 1.54) is 0 Å². The largest absolute Gasteiger partial charge is 0.375 e. The van der Waals surface area contributed by atoms with Gasteiger partial charge >= 0.3 is 0 Å². The maximum absolute atomic E-state index is 11.6. The summed E-state index contributed by atoms with van der Waals surface area (Å²) in [6, 6.07) is 0. The lowest BCUT2D eigenvalue weighted by molar-refractivity contribution is -0.128. The van der Waals surface area contributed by atoms with Gasteiger partial charge in [0.1, 0.15) is 0 Å². The van der Waals surface area contributed by atoms with Crippen LogP contribution in [0.15, 0.2) is 0 Å². The van der Waals surface area contributed by atoms with Crippen LogP contribution in [0.25, 0.3) is 0 Å². The summed E-state index contributed by atoms with van der Waals surface area (Å²) < 4.78 is 5.41. The summed E-state index contributed by atoms with van der Waals surface area (Å²) in [5.41, 5.74) is 0. The number of carbonyl (C=O) groups is 2. The molecule has 0 aromatic heterocycles. The Morgan fingerprint density at radius 2 is 2.11 bits per heavy atom. The van der Waals surface area contributed by atoms with E-state index in [4.69, 9.17) is 4.74 Å². The number of amides is 2. The van der Waals surface area contributed by atoms with Crippen molar-refractivity contribution in [3.8, 4) is 0 Å². The molecule has 0 aliphatic carbocycles. The number of rotatable bonds is 6. The highest BCUT2D eigenvalue weighted by Gasteiger charge is 2.17. The fourth-order valence-corrected chi connectivity index (χ4v) is 1.59. The SMILES string of the molecule is CC(C)CNC(=O)CNC(=O)CC1CNCCO1. The molecular formula is C12H23N3O3. The van der Waals surface area contributed by atoms with Crippen molar-refractivity contribution in [1.82, 2.24) is 16.0 Å². The zero-order chi connectivity index (χ0) is 13.4. The molecule has 104 valence electrons. The van der Waals surface area contributed by atoms with E-state index >= 15 is 0 Å². The van der Waals surface area contributed by atoms with Gasteiger partial charge in [0.2, 0.25) is 11.8 Å². The number of hydrogen-bond acceptors (Lipinski definition) is 4. The molecule has 1 rings (SSSR count). The summed E-state index contributed by atoms with van der Waals surface area (Å²) in [6.45, 7) is 6.85. The quantitative estimate of drug-likeness (QED) is 0.585. The monoisotopic (exact) mass is 257 g/mol. The van der Waals surface area contributed by atoms with E-state index < -0.39 is 0 Å². The second kappa shape index (κ2) is 8.05. The van der Waals surface area contributed by atoms with E-state index in [1.807, 2.05) is 13.8 Å². The summed E-state index contributed by atoms with van der Waals surface area (Å²) in [5.74, 6) is 0.106. The van der Waals surface area contributed by atoms with Crippen LogP contribution in [0, 0.1) is 5.92 Å². The lowest BCUT2D eigenvalue weighted by Crippen LogP contribution is -2.43. The Labute approximate surface area is 108 Å². The van der Waals surface area contributed by atoms with Gasteiger partial charge in [0, 0.05) is 19.6 Å². The molecule has 6 nitrogen and oxygen atoms in total. The Kier molecular flexibility index (Phi) is 6.67. The number of hydrogen-bond donors (Lipinski definition) is 3. The molecule has 1 aliphatic rings. The molecule has 3 N–H and O–H groups in total. The van der Waals surface area contributed by atoms with Crippen molar-refractivity contribution in [3.63, 3.8) is 0 Å². The minimum absolute atomic E-state index is 0.0334. The number of carbonyl (C=O) groups excluding carboxylic acids is 2. The van der Waals surface area contributed by atoms with Crippen molar-refractivity contribution in [2.24, 2.45) is 5.92 Å². The van der Waals surface area contributed by atoms with Crippen LogP contribution >= 0.6 is 0 Å². The van der Waals surface area contributed by atoms with E-state index in [-0.39, 0.29) is 24.5 Å². The van der Waals surface area contributed by atoms with Crippen molar-refractivity contribution in [3.05, 3.63) is 0 Å². The fraction of sp³-hybridized carbons (Fsp3) is 0.833. The van der Waals surface area contributed by atoms with Gasteiger partial charge in [-0.1, -0.05) is 13.8 Å². The molecule has 1 heterocycles. The summed E-state index contributed by atoms with van der Waals surface area (Å²) in [6.07, 6.45) is 0.210. The Hall–Kier alpha value is -1.14. The Balaban J connectivity index is 2.10. The van der Waals surface area contributed by atoms with E-state index in [0.29, 0.717) is 32.0 Å². The average molecular weight is 257 g/mol. The summed E-state index contributed by atoms with van der Waals surface area (Å²) >= 11 is 0. The highest BCUT2D eigenvalue weighted by Crippen LogP contribution is 2.00. The zero-order valence-electron chi connectivity index (χ0n) is 11.1. The number of ether oxygens (including phenoxy) is 1. The lowest BCUT2D eigenvalue weighted by Gasteiger charge is -2.22. The smallest absolute Gasteiger partial charge is 0.239 e. The molecule has 1 fully saturated rings. The van der Waals surface area contributed by atoms with Gasteiger partial charge in [0.25, 0.3) is 0 Å². The van der Waals surface area contributed by atoms with E-state index in [2.05, 4.69) is 16.0 Å². The van der Waals surface area contributed by atoms with Crippen LogP contribution in [0.5, 0.6) is 0 Å². The van der Waals surface area contributed by atoms with Gasteiger partial charge in [-0.25, -0.2) is 0 Å². The molecule has 0 radical (unpaired) electrons. The third-order valence-electron chi connectivity index (χ3n) is 2.57. The summed E-state index contributed by atoms with van der Waals surface area (Å²) in [4.78, 5) is 22.9. The zero-order valence-corrected chi connectivity index (χ0v) is 11.1. The molecule has 0 aromatic carbocycles. The van der Waals surface area contributed by atoms with E-state index in [1.54, 1.807) is 0 Å². The molecule has 18 heavy (non-hydrogen) atoms. The predicted octanol–water partition coefficient (Wildman–Crippen LogP) is -0.747. The van der Waals surface area contributed by atoms with E-state index in [9.17, 15) is 9.59 Å². The van der Waals surface area contributed by atoms with Crippen molar-refractivity contribution < 1.29 is 14.3 Å². The van der Waals surface area contributed by atoms with Crippen LogP contribution in [-0.4, -0.2) is 50.7 Å². The first kappa shape index (κ1) is 14.9. The van der Waals surface area contributed by atoms with Crippen LogP contribution in [0.4, 0.5) is 0 Å². The predicted molar refractivity (Wildman–Crippen MR) is 68.1 cm³/mol. The van der Waals surface area contributed by atoms with Crippen molar-refractivity contribution in [2.75, 3.05) is 32.8 Å². The van der Waals surface area contributed by atoms with Gasteiger partial charge in [-0.2, -0.15) is 0 Å². The average Bonchev–Trinajstić information content (AvgIpc) is 2.35. The maximum atomic E-state index is 11.6. The maximum Gasteiger partial charge on any atom is 0.239 e. The standard InChI is InChI=1S/C12H23N3O3/c1-9(2)6-14-12(17)8-15-11(16)5-10-7-13-3-4-18-10/h9-10,13H,3-8H2,1-2H3,(H,14,17)(H,15,16). The van der Waals surface area contributed by atoms with Crippen LogP contribution in [0.3, 0.4) is 0 Å². The van der Waals surface area contributed by atoms with Gasteiger partial charge in [-0.05, 0) is 5.92 Å². The fourth-order valence-electron chi connectivity index (χ4n) is 1.59. The molecule has 1 atom stereocenters. The first-order valence-corrected chi connectivity index (χ1v) is 6.43. The number of morpholine rings is 1. The van der Waals surface area contributed by atoms with Gasteiger partial charge in [0.15, 0.2) is 0 Å². The molecule has 1 unspecified atom stereocenters. The molecule has 2 amide bonds. The molecule has 0 spiro atoms. The molecule has 0 bridgehead atoms. The first-order chi connectivity index (χ1) is 8.58. The molecule has 0 saturated carbocycles. The topological polar surface area (TPSA) is 79.5 Å². The highest BCUT2D eigenvalue weighted by molar-refractivity contribution is 5.84. The first-order valence-electron chi connectivity index (χ1n) is 6.43. The Morgan fingerprint density at radius 3 is 2.72 bits per heavy atom. The van der Waals surface area contributed by atoms with Gasteiger partial charge < -0.3 is 20.7 Å². The minimum Gasteiger partial charge on any atom is -0.375 e. The van der Waals surface area contributed by atoms with Crippen molar-refractivity contribution >= 4 is 11.8 Å². The molecule has 1 saturated heterocycles. The number of nitrogens with one attached hydrogen (secondary N) is 3. The molecule has 1 aliphatic heterocycles. The lowest BCUT2D eigenvalue weighted by atomic mass is 10.2. The van der Waals surface area contributed by atoms with Crippen LogP contribution < -0.4 is 16.0 Å². The van der Waals surface area contributed by atoms with Crippen molar-refractivity contribution in [2.45, 2.75) is 26.4 Å². The molecule has 0 aromatic rings. The third-order valence-corrected chi connectivity index (χ3v) is 2.57. The van der Waals surface area contributed by atoms with Crippen LogP contribution in [0.1, 0.15) is 20.3 Å². The van der Waals surface area contributed by atoms with Gasteiger partial charge in [-0.15, -0.1) is 0 Å². The third kappa shape index (κ3) is 6.56. The second-order valence-electron chi connectivity index (χ2n) is 4.88. The van der Waals surface area contributed by atoms with E-state index in [0.717, 1.165) is 6.54 Å².